The van der Waals surface area contributed by atoms with E-state index in [0.717, 1.165) is 24.3 Å². The van der Waals surface area contributed by atoms with Gasteiger partial charge in [-0.15, -0.1) is 11.3 Å². The fraction of sp³-hybridized carbons (Fsp3) is 0.533. The van der Waals surface area contributed by atoms with Crippen LogP contribution < -0.4 is 0 Å². The number of hydrogen-bond acceptors (Lipinski definition) is 4. The molecule has 2 aliphatic heterocycles. The molecule has 2 fully saturated rings. The lowest BCUT2D eigenvalue weighted by atomic mass is 9.84. The monoisotopic (exact) mass is 293 g/mol. The van der Waals surface area contributed by atoms with E-state index < -0.39 is 0 Å². The van der Waals surface area contributed by atoms with E-state index >= 15 is 0 Å². The normalized spacial score (nSPS) is 25.1. The number of nitrogens with zero attached hydrogens (tertiary/aromatic N) is 1. The maximum Gasteiger partial charge on any atom is 0.246 e. The molecule has 1 aromatic heterocycles. The van der Waals surface area contributed by atoms with Gasteiger partial charge in [0.05, 0.1) is 19.2 Å². The molecule has 0 radical (unpaired) electrons. The second-order valence-corrected chi connectivity index (χ2v) is 6.40. The average Bonchev–Trinajstić information content (AvgIpc) is 2.95. The molecule has 0 bridgehead atoms. The Labute approximate surface area is 123 Å². The molecule has 0 N–H and O–H groups in total. The van der Waals surface area contributed by atoms with E-state index in [1.54, 1.807) is 24.5 Å². The molecule has 3 heterocycles. The summed E-state index contributed by atoms with van der Waals surface area (Å²) in [6.45, 7) is 2.09. The summed E-state index contributed by atoms with van der Waals surface area (Å²) >= 11 is 1.63. The van der Waals surface area contributed by atoms with Crippen LogP contribution in [0.15, 0.2) is 23.6 Å². The van der Waals surface area contributed by atoms with Crippen molar-refractivity contribution in [3.05, 3.63) is 28.5 Å². The molecule has 0 saturated carbocycles. The maximum absolute atomic E-state index is 12.1. The van der Waals surface area contributed by atoms with Crippen molar-refractivity contribution in [2.24, 2.45) is 0 Å². The number of rotatable bonds is 3. The van der Waals surface area contributed by atoms with Crippen LogP contribution in [-0.2, 0) is 14.3 Å². The first-order chi connectivity index (χ1) is 9.71. The van der Waals surface area contributed by atoms with Gasteiger partial charge in [-0.25, -0.2) is 0 Å². The summed E-state index contributed by atoms with van der Waals surface area (Å²) in [4.78, 5) is 15.0. The van der Waals surface area contributed by atoms with Crippen LogP contribution in [0.4, 0.5) is 0 Å². The van der Waals surface area contributed by atoms with Crippen LogP contribution in [-0.4, -0.2) is 49.3 Å². The van der Waals surface area contributed by atoms with E-state index in [-0.39, 0.29) is 17.6 Å². The summed E-state index contributed by atoms with van der Waals surface area (Å²) in [7, 11) is 1.75. The third kappa shape index (κ3) is 2.80. The Morgan fingerprint density at radius 1 is 1.60 bits per heavy atom. The van der Waals surface area contributed by atoms with E-state index in [1.807, 2.05) is 28.5 Å². The van der Waals surface area contributed by atoms with Gasteiger partial charge in [-0.05, 0) is 23.9 Å². The van der Waals surface area contributed by atoms with Gasteiger partial charge < -0.3 is 14.4 Å². The van der Waals surface area contributed by atoms with Crippen LogP contribution in [0.1, 0.15) is 17.7 Å². The van der Waals surface area contributed by atoms with Crippen molar-refractivity contribution in [1.29, 1.82) is 0 Å². The van der Waals surface area contributed by atoms with Gasteiger partial charge in [-0.2, -0.15) is 0 Å². The van der Waals surface area contributed by atoms with Gasteiger partial charge in [0, 0.05) is 31.1 Å². The van der Waals surface area contributed by atoms with Crippen molar-refractivity contribution in [2.45, 2.75) is 24.5 Å². The van der Waals surface area contributed by atoms with Crippen molar-refractivity contribution >= 4 is 23.3 Å². The van der Waals surface area contributed by atoms with Gasteiger partial charge >= 0.3 is 0 Å². The van der Waals surface area contributed by atoms with Crippen LogP contribution in [0.5, 0.6) is 0 Å². The summed E-state index contributed by atoms with van der Waals surface area (Å²) < 4.78 is 11.3. The van der Waals surface area contributed by atoms with Crippen LogP contribution in [0, 0.1) is 0 Å². The van der Waals surface area contributed by atoms with E-state index in [9.17, 15) is 4.79 Å². The highest BCUT2D eigenvalue weighted by atomic mass is 32.1. The van der Waals surface area contributed by atoms with Gasteiger partial charge in [0.2, 0.25) is 5.91 Å². The maximum atomic E-state index is 12.1. The van der Waals surface area contributed by atoms with E-state index in [2.05, 4.69) is 0 Å². The Bertz CT molecular complexity index is 491. The first kappa shape index (κ1) is 13.8. The number of carbonyl (C=O) groups excluding carboxylic acids is 1. The molecule has 0 unspecified atom stereocenters. The highest BCUT2D eigenvalue weighted by molar-refractivity contribution is 7.10. The minimum absolute atomic E-state index is 0.0622. The van der Waals surface area contributed by atoms with Gasteiger partial charge in [-0.1, -0.05) is 6.07 Å². The van der Waals surface area contributed by atoms with Gasteiger partial charge in [0.15, 0.2) is 0 Å². The van der Waals surface area contributed by atoms with Gasteiger partial charge in [0.25, 0.3) is 0 Å². The Morgan fingerprint density at radius 3 is 3.15 bits per heavy atom. The summed E-state index contributed by atoms with van der Waals surface area (Å²) in [5, 5.41) is 2.00. The Kier molecular flexibility index (Phi) is 3.92. The van der Waals surface area contributed by atoms with Crippen molar-refractivity contribution in [3.8, 4) is 0 Å². The highest BCUT2D eigenvalue weighted by Gasteiger charge is 2.48. The SMILES string of the molecule is CO[C@@H]1CCOC2(C1)CN(C(=O)/C=C/c1cccs1)C2. The number of hydrogen-bond donors (Lipinski definition) is 0. The van der Waals surface area contributed by atoms with Crippen LogP contribution >= 0.6 is 11.3 Å². The summed E-state index contributed by atoms with van der Waals surface area (Å²) in [6.07, 6.45) is 5.63. The molecule has 4 nitrogen and oxygen atoms in total. The number of thiophene rings is 1. The number of methoxy groups -OCH3 is 1. The van der Waals surface area contributed by atoms with Crippen LogP contribution in [0.25, 0.3) is 6.08 Å². The largest absolute Gasteiger partial charge is 0.381 e. The molecule has 5 heteroatoms. The molecular weight excluding hydrogens is 274 g/mol. The van der Waals surface area contributed by atoms with Crippen molar-refractivity contribution in [1.82, 2.24) is 4.90 Å². The number of amides is 1. The summed E-state index contributed by atoms with van der Waals surface area (Å²) in [6, 6.07) is 3.98. The standard InChI is InChI=1S/C15H19NO3S/c1-18-12-6-7-19-15(9-12)10-16(11-15)14(17)5-4-13-3-2-8-20-13/h2-5,8,12H,6-7,9-11H2,1H3/b5-4+/t12-/m1/s1. The minimum Gasteiger partial charge on any atom is -0.381 e. The second kappa shape index (κ2) is 5.68. The van der Waals surface area contributed by atoms with E-state index in [0.29, 0.717) is 13.1 Å². The minimum atomic E-state index is -0.161. The zero-order valence-electron chi connectivity index (χ0n) is 11.6. The topological polar surface area (TPSA) is 38.8 Å². The van der Waals surface area contributed by atoms with Crippen molar-refractivity contribution in [3.63, 3.8) is 0 Å². The van der Waals surface area contributed by atoms with Gasteiger partial charge in [-0.3, -0.25) is 4.79 Å². The fourth-order valence-electron chi connectivity index (χ4n) is 2.85. The zero-order chi connectivity index (χ0) is 14.0. The zero-order valence-corrected chi connectivity index (χ0v) is 12.4. The molecular formula is C15H19NO3S. The predicted molar refractivity (Wildman–Crippen MR) is 78.6 cm³/mol. The fourth-order valence-corrected chi connectivity index (χ4v) is 3.47. The number of ether oxygens (including phenoxy) is 2. The molecule has 20 heavy (non-hydrogen) atoms. The lowest BCUT2D eigenvalue weighted by Gasteiger charge is -2.52. The number of carbonyl (C=O) groups is 1. The lowest BCUT2D eigenvalue weighted by molar-refractivity contribution is -0.195. The Balaban J connectivity index is 1.53. The predicted octanol–water partition coefficient (Wildman–Crippen LogP) is 2.17. The molecule has 1 atom stereocenters. The molecule has 1 spiro atoms. The molecule has 1 aromatic rings. The van der Waals surface area contributed by atoms with Crippen molar-refractivity contribution < 1.29 is 14.3 Å². The van der Waals surface area contributed by atoms with Crippen LogP contribution in [0.3, 0.4) is 0 Å². The molecule has 0 aromatic carbocycles. The molecule has 108 valence electrons. The van der Waals surface area contributed by atoms with E-state index in [4.69, 9.17) is 9.47 Å². The van der Waals surface area contributed by atoms with Gasteiger partial charge in [0.1, 0.15) is 5.60 Å². The quantitative estimate of drug-likeness (QED) is 0.802. The summed E-state index contributed by atoms with van der Waals surface area (Å²) in [5.41, 5.74) is -0.161. The first-order valence-electron chi connectivity index (χ1n) is 6.88. The number of likely N-dealkylation sites (tertiary alicyclic amines) is 1. The molecule has 2 saturated heterocycles. The van der Waals surface area contributed by atoms with Crippen LogP contribution in [0.2, 0.25) is 0 Å². The average molecular weight is 293 g/mol. The smallest absolute Gasteiger partial charge is 0.246 e. The third-order valence-electron chi connectivity index (χ3n) is 3.98. The first-order valence-corrected chi connectivity index (χ1v) is 7.76. The highest BCUT2D eigenvalue weighted by Crippen LogP contribution is 2.35. The second-order valence-electron chi connectivity index (χ2n) is 5.43. The Hall–Kier alpha value is -1.17. The van der Waals surface area contributed by atoms with E-state index in [1.165, 1.54) is 0 Å². The summed E-state index contributed by atoms with van der Waals surface area (Å²) in [5.74, 6) is 0.0622. The molecule has 2 aliphatic rings. The molecule has 1 amide bonds. The molecule has 3 rings (SSSR count). The Morgan fingerprint density at radius 2 is 2.45 bits per heavy atom. The lowest BCUT2D eigenvalue weighted by Crippen LogP contribution is -2.67. The van der Waals surface area contributed by atoms with Crippen molar-refractivity contribution in [2.75, 3.05) is 26.8 Å². The molecule has 0 aliphatic carbocycles. The third-order valence-corrected chi connectivity index (χ3v) is 4.82.